The summed E-state index contributed by atoms with van der Waals surface area (Å²) in [6, 6.07) is 31.5. The van der Waals surface area contributed by atoms with Crippen molar-refractivity contribution < 1.29 is 9.53 Å². The van der Waals surface area contributed by atoms with E-state index in [1.807, 2.05) is 104 Å². The molecule has 1 amide bonds. The highest BCUT2D eigenvalue weighted by atomic mass is 16.5. The van der Waals surface area contributed by atoms with Crippen molar-refractivity contribution in [2.24, 2.45) is 0 Å². The van der Waals surface area contributed by atoms with Crippen LogP contribution in [-0.2, 0) is 10.2 Å². The Balaban J connectivity index is 1.77. The van der Waals surface area contributed by atoms with E-state index in [9.17, 15) is 4.79 Å². The molecule has 4 rings (SSSR count). The SMILES string of the molecule is C=CCOc1ccc(NC(=O)C(C)(c2ccccc2)c2ccccc2)c2ccccc12. The Morgan fingerprint density at radius 2 is 1.39 bits per heavy atom. The summed E-state index contributed by atoms with van der Waals surface area (Å²) in [5, 5.41) is 5.07. The highest BCUT2D eigenvalue weighted by Crippen LogP contribution is 2.36. The molecule has 0 radical (unpaired) electrons. The van der Waals surface area contributed by atoms with Gasteiger partial charge in [0, 0.05) is 16.5 Å². The molecular weight excluding hydrogens is 382 g/mol. The summed E-state index contributed by atoms with van der Waals surface area (Å²) in [5.74, 6) is 0.678. The fourth-order valence-corrected chi connectivity index (χ4v) is 3.87. The molecule has 0 aromatic heterocycles. The van der Waals surface area contributed by atoms with Crippen molar-refractivity contribution in [3.63, 3.8) is 0 Å². The number of ether oxygens (including phenoxy) is 1. The molecule has 3 heteroatoms. The van der Waals surface area contributed by atoms with Gasteiger partial charge in [-0.2, -0.15) is 0 Å². The minimum absolute atomic E-state index is 0.0881. The third-order valence-corrected chi connectivity index (χ3v) is 5.65. The number of nitrogens with one attached hydrogen (secondary N) is 1. The molecule has 0 aliphatic rings. The molecule has 31 heavy (non-hydrogen) atoms. The van der Waals surface area contributed by atoms with E-state index in [0.29, 0.717) is 6.61 Å². The van der Waals surface area contributed by atoms with Gasteiger partial charge in [-0.05, 0) is 30.2 Å². The summed E-state index contributed by atoms with van der Waals surface area (Å²) >= 11 is 0. The Hall–Kier alpha value is -3.85. The standard InChI is InChI=1S/C28H25NO2/c1-3-20-31-26-19-18-25(23-16-10-11-17-24(23)26)29-27(30)28(2,21-12-6-4-7-13-21)22-14-8-5-9-15-22/h3-19H,1,20H2,2H3,(H,29,30). The van der Waals surface area contributed by atoms with Crippen LogP contribution >= 0.6 is 0 Å². The first-order valence-corrected chi connectivity index (χ1v) is 10.3. The van der Waals surface area contributed by atoms with Crippen LogP contribution in [-0.4, -0.2) is 12.5 Å². The van der Waals surface area contributed by atoms with E-state index < -0.39 is 5.41 Å². The van der Waals surface area contributed by atoms with Crippen molar-refractivity contribution in [3.05, 3.63) is 121 Å². The number of rotatable bonds is 7. The van der Waals surface area contributed by atoms with Gasteiger partial charge in [0.25, 0.3) is 0 Å². The molecular formula is C28H25NO2. The number of amides is 1. The van der Waals surface area contributed by atoms with E-state index in [0.717, 1.165) is 33.3 Å². The predicted octanol–water partition coefficient (Wildman–Crippen LogP) is 6.35. The summed E-state index contributed by atoms with van der Waals surface area (Å²) in [5.41, 5.74) is 1.79. The lowest BCUT2D eigenvalue weighted by molar-refractivity contribution is -0.119. The minimum atomic E-state index is -0.846. The quantitative estimate of drug-likeness (QED) is 0.363. The van der Waals surface area contributed by atoms with Crippen LogP contribution in [0.3, 0.4) is 0 Å². The predicted molar refractivity (Wildman–Crippen MR) is 128 cm³/mol. The minimum Gasteiger partial charge on any atom is -0.489 e. The molecule has 3 nitrogen and oxygen atoms in total. The Kier molecular flexibility index (Phi) is 5.85. The summed E-state index contributed by atoms with van der Waals surface area (Å²) < 4.78 is 5.80. The highest BCUT2D eigenvalue weighted by molar-refractivity contribution is 6.08. The van der Waals surface area contributed by atoms with E-state index in [-0.39, 0.29) is 5.91 Å². The Morgan fingerprint density at radius 3 is 1.97 bits per heavy atom. The van der Waals surface area contributed by atoms with Crippen LogP contribution in [0, 0.1) is 0 Å². The lowest BCUT2D eigenvalue weighted by Gasteiger charge is -2.30. The summed E-state index contributed by atoms with van der Waals surface area (Å²) in [6.07, 6.45) is 1.72. The number of fused-ring (bicyclic) bond motifs is 1. The number of hydrogen-bond acceptors (Lipinski definition) is 2. The van der Waals surface area contributed by atoms with Crippen LogP contribution in [0.4, 0.5) is 5.69 Å². The molecule has 0 bridgehead atoms. The first-order valence-electron chi connectivity index (χ1n) is 10.3. The fraction of sp³-hybridized carbons (Fsp3) is 0.107. The van der Waals surface area contributed by atoms with Crippen LogP contribution in [0.5, 0.6) is 5.75 Å². The molecule has 0 unspecified atom stereocenters. The van der Waals surface area contributed by atoms with Crippen molar-refractivity contribution in [1.29, 1.82) is 0 Å². The van der Waals surface area contributed by atoms with Gasteiger partial charge in [0.1, 0.15) is 12.4 Å². The van der Waals surface area contributed by atoms with Gasteiger partial charge in [0.15, 0.2) is 0 Å². The van der Waals surface area contributed by atoms with Crippen LogP contribution in [0.15, 0.2) is 110 Å². The molecule has 0 atom stereocenters. The topological polar surface area (TPSA) is 38.3 Å². The normalized spacial score (nSPS) is 11.1. The van der Waals surface area contributed by atoms with Crippen LogP contribution in [0.25, 0.3) is 10.8 Å². The average Bonchev–Trinajstić information content (AvgIpc) is 2.84. The number of carbonyl (C=O) groups excluding carboxylic acids is 1. The molecule has 4 aromatic carbocycles. The first-order chi connectivity index (χ1) is 15.1. The fourth-order valence-electron chi connectivity index (χ4n) is 3.87. The smallest absolute Gasteiger partial charge is 0.239 e. The number of carbonyl (C=O) groups is 1. The molecule has 0 aliphatic carbocycles. The molecule has 0 spiro atoms. The molecule has 154 valence electrons. The van der Waals surface area contributed by atoms with Gasteiger partial charge in [0.2, 0.25) is 5.91 Å². The Morgan fingerprint density at radius 1 is 0.839 bits per heavy atom. The van der Waals surface area contributed by atoms with E-state index >= 15 is 0 Å². The lowest BCUT2D eigenvalue weighted by Crippen LogP contribution is -2.38. The van der Waals surface area contributed by atoms with Gasteiger partial charge in [-0.3, -0.25) is 4.79 Å². The lowest BCUT2D eigenvalue weighted by atomic mass is 9.75. The molecule has 4 aromatic rings. The van der Waals surface area contributed by atoms with Gasteiger partial charge in [-0.1, -0.05) is 97.6 Å². The van der Waals surface area contributed by atoms with E-state index in [1.54, 1.807) is 6.08 Å². The summed E-state index contributed by atoms with van der Waals surface area (Å²) in [6.45, 7) is 6.11. The largest absolute Gasteiger partial charge is 0.489 e. The second-order valence-corrected chi connectivity index (χ2v) is 7.57. The molecule has 0 saturated carbocycles. The maximum atomic E-state index is 13.8. The third kappa shape index (κ3) is 3.95. The van der Waals surface area contributed by atoms with Gasteiger partial charge in [-0.15, -0.1) is 0 Å². The average molecular weight is 408 g/mol. The van der Waals surface area contributed by atoms with Crippen LogP contribution < -0.4 is 10.1 Å². The van der Waals surface area contributed by atoms with Gasteiger partial charge in [-0.25, -0.2) is 0 Å². The van der Waals surface area contributed by atoms with Crippen molar-refractivity contribution in [1.82, 2.24) is 0 Å². The van der Waals surface area contributed by atoms with E-state index in [1.165, 1.54) is 0 Å². The van der Waals surface area contributed by atoms with Crippen LogP contribution in [0.1, 0.15) is 18.1 Å². The molecule has 0 heterocycles. The van der Waals surface area contributed by atoms with Gasteiger partial charge >= 0.3 is 0 Å². The van der Waals surface area contributed by atoms with Gasteiger partial charge < -0.3 is 10.1 Å². The van der Waals surface area contributed by atoms with Crippen molar-refractivity contribution in [2.75, 3.05) is 11.9 Å². The Bertz CT molecular complexity index is 1160. The van der Waals surface area contributed by atoms with E-state index in [2.05, 4.69) is 11.9 Å². The number of benzene rings is 4. The molecule has 0 saturated heterocycles. The zero-order valence-electron chi connectivity index (χ0n) is 17.5. The molecule has 1 N–H and O–H groups in total. The zero-order chi connectivity index (χ0) is 21.7. The summed E-state index contributed by atoms with van der Waals surface area (Å²) in [4.78, 5) is 13.8. The van der Waals surface area contributed by atoms with Crippen molar-refractivity contribution >= 4 is 22.4 Å². The number of anilines is 1. The van der Waals surface area contributed by atoms with Crippen molar-refractivity contribution in [3.8, 4) is 5.75 Å². The second-order valence-electron chi connectivity index (χ2n) is 7.57. The van der Waals surface area contributed by atoms with Crippen LogP contribution in [0.2, 0.25) is 0 Å². The summed E-state index contributed by atoms with van der Waals surface area (Å²) in [7, 11) is 0. The second kappa shape index (κ2) is 8.88. The van der Waals surface area contributed by atoms with Crippen molar-refractivity contribution in [2.45, 2.75) is 12.3 Å². The number of hydrogen-bond donors (Lipinski definition) is 1. The monoisotopic (exact) mass is 407 g/mol. The Labute approximate surface area is 183 Å². The maximum absolute atomic E-state index is 13.8. The molecule has 0 aliphatic heterocycles. The maximum Gasteiger partial charge on any atom is 0.239 e. The van der Waals surface area contributed by atoms with Gasteiger partial charge in [0.05, 0.1) is 5.41 Å². The van der Waals surface area contributed by atoms with E-state index in [4.69, 9.17) is 4.74 Å². The first kappa shape index (κ1) is 20.4. The zero-order valence-corrected chi connectivity index (χ0v) is 17.5. The highest BCUT2D eigenvalue weighted by Gasteiger charge is 2.37. The molecule has 0 fully saturated rings. The third-order valence-electron chi connectivity index (χ3n) is 5.65.